The van der Waals surface area contributed by atoms with Crippen LogP contribution in [0, 0.1) is 0 Å². The number of anilines is 1. The highest BCUT2D eigenvalue weighted by Gasteiger charge is 2.49. The van der Waals surface area contributed by atoms with E-state index < -0.39 is 11.3 Å². The van der Waals surface area contributed by atoms with Crippen LogP contribution >= 0.6 is 23.4 Å². The van der Waals surface area contributed by atoms with E-state index in [2.05, 4.69) is 5.32 Å². The van der Waals surface area contributed by atoms with Crippen molar-refractivity contribution >= 4 is 52.6 Å². The quantitative estimate of drug-likeness (QED) is 0.683. The number of unbranched alkanes of at least 4 members (excludes halogenated alkanes) is 1. The number of methoxy groups -OCH3 is 1. The molecule has 1 aromatic rings. The molecular weight excluding hydrogens is 402 g/mol. The first-order valence-electron chi connectivity index (χ1n) is 8.91. The molecule has 0 spiro atoms. The molecule has 9 heteroatoms. The first-order valence-corrected chi connectivity index (χ1v) is 10.2. The topological polar surface area (TPSA) is 78.7 Å². The molecule has 1 aromatic carbocycles. The molecule has 0 saturated carbocycles. The maximum absolute atomic E-state index is 12.9. The Morgan fingerprint density at radius 2 is 2.18 bits per heavy atom. The van der Waals surface area contributed by atoms with E-state index in [1.165, 1.54) is 28.3 Å². The minimum absolute atomic E-state index is 0.185. The van der Waals surface area contributed by atoms with E-state index in [0.29, 0.717) is 28.7 Å². The molecule has 2 heterocycles. The van der Waals surface area contributed by atoms with Crippen molar-refractivity contribution in [2.24, 2.45) is 0 Å². The van der Waals surface area contributed by atoms with Crippen molar-refractivity contribution in [1.82, 2.24) is 4.90 Å². The average molecular weight is 423 g/mol. The largest absolute Gasteiger partial charge is 0.501 e. The van der Waals surface area contributed by atoms with Crippen molar-refractivity contribution in [2.75, 3.05) is 25.5 Å². The fourth-order valence-electron chi connectivity index (χ4n) is 3.02. The lowest BCUT2D eigenvalue weighted by Gasteiger charge is -2.24. The molecule has 7 nitrogen and oxygen atoms in total. The van der Waals surface area contributed by atoms with Crippen LogP contribution in [0.25, 0.3) is 0 Å². The molecule has 0 aliphatic carbocycles. The third kappa shape index (κ3) is 4.07. The number of rotatable bonds is 7. The zero-order chi connectivity index (χ0) is 20.3. The monoisotopic (exact) mass is 422 g/mol. The number of ether oxygens (including phenoxy) is 1. The highest BCUT2D eigenvalue weighted by molar-refractivity contribution is 8.04. The van der Waals surface area contributed by atoms with E-state index in [9.17, 15) is 14.4 Å². The summed E-state index contributed by atoms with van der Waals surface area (Å²) in [6.45, 7) is 2.16. The second kappa shape index (κ2) is 8.79. The zero-order valence-corrected chi connectivity index (χ0v) is 17.2. The molecule has 1 N–H and O–H groups in total. The van der Waals surface area contributed by atoms with Gasteiger partial charge in [0.15, 0.2) is 11.8 Å². The standard InChI is InChI=1S/C19H20ClN3O4S/c1-3-4-8-22-18(25)17-14(7-9-28-17)23(19(22)26)11-16(24)21-12-5-6-15(27-2)13(20)10-12/h5-7,9-10,17H,3-4,8,11H2,1-2H3/p+1. The Labute approximate surface area is 172 Å². The number of benzene rings is 1. The lowest BCUT2D eigenvalue weighted by molar-refractivity contribution is -0.425. The number of nitrogens with zero attached hydrogens (tertiary/aromatic N) is 2. The molecule has 0 fully saturated rings. The number of carbonyl (C=O) groups excluding carboxylic acids is 3. The van der Waals surface area contributed by atoms with Gasteiger partial charge in [0.1, 0.15) is 11.5 Å². The summed E-state index contributed by atoms with van der Waals surface area (Å²) in [5.41, 5.74) is 1.05. The van der Waals surface area contributed by atoms with Crippen molar-refractivity contribution in [3.05, 3.63) is 34.7 Å². The number of allylic oxidation sites excluding steroid dienone is 1. The number of hydrogen-bond donors (Lipinski definition) is 1. The number of hydrogen-bond acceptors (Lipinski definition) is 5. The highest BCUT2D eigenvalue weighted by atomic mass is 35.5. The summed E-state index contributed by atoms with van der Waals surface area (Å²) in [6.07, 6.45) is 3.31. The minimum Gasteiger partial charge on any atom is -0.495 e. The van der Waals surface area contributed by atoms with Gasteiger partial charge in [-0.15, -0.1) is 11.8 Å². The van der Waals surface area contributed by atoms with Gasteiger partial charge < -0.3 is 10.1 Å². The molecule has 0 bridgehead atoms. The molecule has 2 aliphatic heterocycles. The van der Waals surface area contributed by atoms with Crippen molar-refractivity contribution in [1.29, 1.82) is 0 Å². The third-order valence-electron chi connectivity index (χ3n) is 4.46. The lowest BCUT2D eigenvalue weighted by Crippen LogP contribution is -2.56. The van der Waals surface area contributed by atoms with Gasteiger partial charge in [-0.05, 0) is 36.1 Å². The number of nitrogens with one attached hydrogen (secondary N) is 1. The fraction of sp³-hybridized carbons (Fsp3) is 0.368. The van der Waals surface area contributed by atoms with Gasteiger partial charge >= 0.3 is 11.9 Å². The van der Waals surface area contributed by atoms with Crippen LogP contribution in [0.5, 0.6) is 5.75 Å². The summed E-state index contributed by atoms with van der Waals surface area (Å²) in [5, 5.41) is 4.41. The summed E-state index contributed by atoms with van der Waals surface area (Å²) in [4.78, 5) is 39.3. The summed E-state index contributed by atoms with van der Waals surface area (Å²) in [7, 11) is 1.51. The first kappa shape index (κ1) is 20.4. The Bertz CT molecular complexity index is 884. The molecule has 4 amide bonds. The number of thioether (sulfide) groups is 1. The summed E-state index contributed by atoms with van der Waals surface area (Å²) < 4.78 is 6.47. The van der Waals surface area contributed by atoms with Crippen LogP contribution in [0.2, 0.25) is 5.02 Å². The molecule has 28 heavy (non-hydrogen) atoms. The van der Waals surface area contributed by atoms with Gasteiger partial charge in [-0.25, -0.2) is 4.79 Å². The lowest BCUT2D eigenvalue weighted by atomic mass is 10.1. The predicted molar refractivity (Wildman–Crippen MR) is 109 cm³/mol. The highest BCUT2D eigenvalue weighted by Crippen LogP contribution is 2.29. The fourth-order valence-corrected chi connectivity index (χ4v) is 4.24. The van der Waals surface area contributed by atoms with Gasteiger partial charge in [-0.2, -0.15) is 14.3 Å². The van der Waals surface area contributed by atoms with E-state index in [0.717, 1.165) is 12.8 Å². The van der Waals surface area contributed by atoms with Gasteiger partial charge in [0, 0.05) is 5.69 Å². The Morgan fingerprint density at radius 1 is 1.39 bits per heavy atom. The van der Waals surface area contributed by atoms with Crippen LogP contribution < -0.4 is 10.1 Å². The van der Waals surface area contributed by atoms with Gasteiger partial charge in [0.05, 0.1) is 18.7 Å². The average Bonchev–Trinajstić information content (AvgIpc) is 3.15. The normalized spacial score (nSPS) is 18.5. The molecule has 1 atom stereocenters. The van der Waals surface area contributed by atoms with Crippen molar-refractivity contribution < 1.29 is 23.7 Å². The molecular formula is C19H21ClN3O4S+. The molecule has 2 aliphatic rings. The zero-order valence-electron chi connectivity index (χ0n) is 15.6. The Kier molecular flexibility index (Phi) is 6.41. The van der Waals surface area contributed by atoms with Gasteiger partial charge in [-0.3, -0.25) is 4.79 Å². The number of halogens is 1. The van der Waals surface area contributed by atoms with Gasteiger partial charge in [0.25, 0.3) is 5.91 Å². The first-order chi connectivity index (χ1) is 13.5. The van der Waals surface area contributed by atoms with Crippen molar-refractivity contribution in [3.63, 3.8) is 0 Å². The van der Waals surface area contributed by atoms with Crippen LogP contribution in [-0.2, 0) is 9.59 Å². The van der Waals surface area contributed by atoms with E-state index in [4.69, 9.17) is 16.3 Å². The minimum atomic E-state index is -0.474. The Balaban J connectivity index is 1.79. The molecule has 0 saturated heterocycles. The summed E-state index contributed by atoms with van der Waals surface area (Å²) in [5.74, 6) is -0.0968. The number of carbonyl (C=O) groups is 3. The number of fused-ring (bicyclic) bond motifs is 1. The smallest absolute Gasteiger partial charge is 0.495 e. The van der Waals surface area contributed by atoms with Crippen molar-refractivity contribution in [2.45, 2.75) is 25.0 Å². The van der Waals surface area contributed by atoms with Gasteiger partial charge in [0.2, 0.25) is 0 Å². The van der Waals surface area contributed by atoms with Crippen LogP contribution in [0.3, 0.4) is 0 Å². The van der Waals surface area contributed by atoms with E-state index in [-0.39, 0.29) is 18.4 Å². The van der Waals surface area contributed by atoms with E-state index in [1.807, 2.05) is 6.92 Å². The van der Waals surface area contributed by atoms with Crippen LogP contribution in [0.4, 0.5) is 10.5 Å². The molecule has 0 aromatic heterocycles. The Morgan fingerprint density at radius 3 is 2.86 bits per heavy atom. The number of imide groups is 1. The summed E-state index contributed by atoms with van der Waals surface area (Å²) >= 11 is 7.43. The summed E-state index contributed by atoms with van der Waals surface area (Å²) in [6, 6.07) is 4.43. The van der Waals surface area contributed by atoms with Crippen LogP contribution in [-0.4, -0.2) is 58.5 Å². The number of urea groups is 1. The SMILES string of the molecule is CCCCN1C(=O)C2SC=CC2=[N+](CC(=O)Nc2ccc(OC)c(Cl)c2)C1=O. The van der Waals surface area contributed by atoms with E-state index in [1.54, 1.807) is 29.7 Å². The maximum atomic E-state index is 12.9. The number of amides is 4. The third-order valence-corrected chi connectivity index (χ3v) is 5.76. The Hall–Kier alpha value is -2.32. The van der Waals surface area contributed by atoms with E-state index >= 15 is 0 Å². The molecule has 0 radical (unpaired) electrons. The molecule has 3 rings (SSSR count). The van der Waals surface area contributed by atoms with Gasteiger partial charge in [-0.1, -0.05) is 24.9 Å². The second-order valence-corrected chi connectivity index (χ2v) is 7.78. The second-order valence-electron chi connectivity index (χ2n) is 6.35. The van der Waals surface area contributed by atoms with Crippen LogP contribution in [0.1, 0.15) is 19.8 Å². The predicted octanol–water partition coefficient (Wildman–Crippen LogP) is 3.13. The maximum Gasteiger partial charge on any atom is 0.501 e. The van der Waals surface area contributed by atoms with Crippen LogP contribution in [0.15, 0.2) is 29.7 Å². The molecule has 148 valence electrons. The van der Waals surface area contributed by atoms with Crippen molar-refractivity contribution in [3.8, 4) is 5.75 Å². The molecule has 1 unspecified atom stereocenters.